The minimum absolute atomic E-state index is 0.124. The van der Waals surface area contributed by atoms with Crippen molar-refractivity contribution in [3.63, 3.8) is 0 Å². The van der Waals surface area contributed by atoms with Crippen molar-refractivity contribution in [2.75, 3.05) is 5.32 Å². The van der Waals surface area contributed by atoms with E-state index in [9.17, 15) is 4.79 Å². The molecule has 0 aromatic carbocycles. The van der Waals surface area contributed by atoms with E-state index in [1.54, 1.807) is 6.92 Å². The summed E-state index contributed by atoms with van der Waals surface area (Å²) in [5, 5.41) is 6.18. The van der Waals surface area contributed by atoms with Crippen LogP contribution in [0.4, 0.5) is 5.82 Å². The SMILES string of the molecule is Cc1cc(C(=O)Nc2ncc(Br)nc2Br)on1. The van der Waals surface area contributed by atoms with E-state index in [0.717, 1.165) is 0 Å². The van der Waals surface area contributed by atoms with Crippen molar-refractivity contribution in [1.29, 1.82) is 0 Å². The number of aryl methyl sites for hydroxylation is 1. The minimum atomic E-state index is -0.428. The van der Waals surface area contributed by atoms with Crippen LogP contribution in [0.3, 0.4) is 0 Å². The molecule has 0 saturated carbocycles. The molecule has 1 N–H and O–H groups in total. The molecule has 0 radical (unpaired) electrons. The van der Waals surface area contributed by atoms with Crippen molar-refractivity contribution < 1.29 is 9.32 Å². The fraction of sp³-hybridized carbons (Fsp3) is 0.111. The Morgan fingerprint density at radius 3 is 2.82 bits per heavy atom. The van der Waals surface area contributed by atoms with Gasteiger partial charge < -0.3 is 9.84 Å². The van der Waals surface area contributed by atoms with Crippen molar-refractivity contribution in [3.05, 3.63) is 32.9 Å². The van der Waals surface area contributed by atoms with Gasteiger partial charge in [-0.25, -0.2) is 9.97 Å². The number of anilines is 1. The van der Waals surface area contributed by atoms with Gasteiger partial charge >= 0.3 is 0 Å². The summed E-state index contributed by atoms with van der Waals surface area (Å²) in [6, 6.07) is 1.54. The van der Waals surface area contributed by atoms with Crippen molar-refractivity contribution in [2.45, 2.75) is 6.92 Å². The monoisotopic (exact) mass is 360 g/mol. The summed E-state index contributed by atoms with van der Waals surface area (Å²) in [7, 11) is 0. The number of nitrogens with one attached hydrogen (secondary N) is 1. The maximum Gasteiger partial charge on any atom is 0.295 e. The fourth-order valence-electron chi connectivity index (χ4n) is 1.07. The van der Waals surface area contributed by atoms with Gasteiger partial charge in [0.25, 0.3) is 5.91 Å². The summed E-state index contributed by atoms with van der Waals surface area (Å²) >= 11 is 6.35. The number of carbonyl (C=O) groups is 1. The molecule has 17 heavy (non-hydrogen) atoms. The Balaban J connectivity index is 2.18. The molecule has 0 aliphatic carbocycles. The molecule has 2 aromatic rings. The average molecular weight is 362 g/mol. The minimum Gasteiger partial charge on any atom is -0.351 e. The normalized spacial score (nSPS) is 10.3. The molecule has 0 aliphatic rings. The molecule has 8 heteroatoms. The third-order valence-corrected chi connectivity index (χ3v) is 2.72. The maximum absolute atomic E-state index is 11.7. The molecule has 2 rings (SSSR count). The van der Waals surface area contributed by atoms with Gasteiger partial charge in [0.05, 0.1) is 11.9 Å². The Labute approximate surface area is 113 Å². The standard InChI is InChI=1S/C9H6Br2N4O2/c1-4-2-5(17-15-4)9(16)14-8-7(11)13-6(10)3-12-8/h2-3H,1H3,(H,12,14,16). The quantitative estimate of drug-likeness (QED) is 0.888. The zero-order valence-corrected chi connectivity index (χ0v) is 11.7. The molecule has 0 aliphatic heterocycles. The first-order chi connectivity index (χ1) is 8.06. The van der Waals surface area contributed by atoms with Crippen molar-refractivity contribution in [3.8, 4) is 0 Å². The molecule has 2 aromatic heterocycles. The molecule has 0 spiro atoms. The van der Waals surface area contributed by atoms with Gasteiger partial charge in [0, 0.05) is 6.07 Å². The van der Waals surface area contributed by atoms with Gasteiger partial charge in [-0.3, -0.25) is 4.79 Å². The second-order valence-corrected chi connectivity index (χ2v) is 4.68. The van der Waals surface area contributed by atoms with Crippen LogP contribution in [0.25, 0.3) is 0 Å². The highest BCUT2D eigenvalue weighted by Gasteiger charge is 2.14. The second kappa shape index (κ2) is 4.92. The molecule has 0 fully saturated rings. The van der Waals surface area contributed by atoms with Gasteiger partial charge in [0.2, 0.25) is 5.76 Å². The highest BCUT2D eigenvalue weighted by atomic mass is 79.9. The maximum atomic E-state index is 11.7. The Morgan fingerprint density at radius 1 is 1.47 bits per heavy atom. The molecule has 0 unspecified atom stereocenters. The number of rotatable bonds is 2. The van der Waals surface area contributed by atoms with Gasteiger partial charge in [-0.15, -0.1) is 0 Å². The Kier molecular flexibility index (Phi) is 3.53. The van der Waals surface area contributed by atoms with E-state index in [4.69, 9.17) is 4.52 Å². The van der Waals surface area contributed by atoms with Crippen molar-refractivity contribution in [2.24, 2.45) is 0 Å². The van der Waals surface area contributed by atoms with Crippen LogP contribution in [0.1, 0.15) is 16.2 Å². The van der Waals surface area contributed by atoms with Crippen LogP contribution < -0.4 is 5.32 Å². The number of aromatic nitrogens is 3. The first kappa shape index (κ1) is 12.2. The molecule has 0 atom stereocenters. The summed E-state index contributed by atoms with van der Waals surface area (Å²) in [5.74, 6) is 0.00861. The molecular formula is C9H6Br2N4O2. The van der Waals surface area contributed by atoms with Crippen LogP contribution in [-0.4, -0.2) is 21.0 Å². The van der Waals surface area contributed by atoms with Crippen LogP contribution in [0.15, 0.2) is 26.0 Å². The summed E-state index contributed by atoms with van der Waals surface area (Å²) in [4.78, 5) is 19.8. The predicted molar refractivity (Wildman–Crippen MR) is 66.6 cm³/mol. The van der Waals surface area contributed by atoms with Gasteiger partial charge in [-0.2, -0.15) is 0 Å². The Bertz CT molecular complexity index is 570. The number of carbonyl (C=O) groups excluding carboxylic acids is 1. The fourth-order valence-corrected chi connectivity index (χ4v) is 1.98. The summed E-state index contributed by atoms with van der Waals surface area (Å²) < 4.78 is 5.82. The molecule has 88 valence electrons. The third-order valence-electron chi connectivity index (χ3n) is 1.78. The molecule has 0 bridgehead atoms. The lowest BCUT2D eigenvalue weighted by atomic mass is 10.4. The molecule has 2 heterocycles. The van der Waals surface area contributed by atoms with E-state index in [1.807, 2.05) is 0 Å². The number of hydrogen-bond donors (Lipinski definition) is 1. The Hall–Kier alpha value is -1.28. The predicted octanol–water partition coefficient (Wildman–Crippen LogP) is 2.55. The van der Waals surface area contributed by atoms with E-state index >= 15 is 0 Å². The number of halogens is 2. The highest BCUT2D eigenvalue weighted by molar-refractivity contribution is 9.11. The molecule has 1 amide bonds. The van der Waals surface area contributed by atoms with Crippen LogP contribution in [-0.2, 0) is 0 Å². The smallest absolute Gasteiger partial charge is 0.295 e. The molecule has 6 nitrogen and oxygen atoms in total. The van der Waals surface area contributed by atoms with Crippen molar-refractivity contribution >= 4 is 43.6 Å². The first-order valence-electron chi connectivity index (χ1n) is 4.49. The van der Waals surface area contributed by atoms with Crippen LogP contribution in [0.2, 0.25) is 0 Å². The first-order valence-corrected chi connectivity index (χ1v) is 6.07. The van der Waals surface area contributed by atoms with E-state index in [2.05, 4.69) is 52.3 Å². The number of nitrogens with zero attached hydrogens (tertiary/aromatic N) is 3. The third kappa shape index (κ3) is 2.89. The number of amides is 1. The summed E-state index contributed by atoms with van der Waals surface area (Å²) in [6.45, 7) is 1.73. The zero-order valence-electron chi connectivity index (χ0n) is 8.57. The van der Waals surface area contributed by atoms with Crippen LogP contribution >= 0.6 is 31.9 Å². The van der Waals surface area contributed by atoms with Gasteiger partial charge in [-0.1, -0.05) is 5.16 Å². The number of hydrogen-bond acceptors (Lipinski definition) is 5. The highest BCUT2D eigenvalue weighted by Crippen LogP contribution is 2.20. The van der Waals surface area contributed by atoms with E-state index in [-0.39, 0.29) is 5.76 Å². The Morgan fingerprint density at radius 2 is 2.24 bits per heavy atom. The summed E-state index contributed by atoms with van der Waals surface area (Å²) in [6.07, 6.45) is 1.48. The van der Waals surface area contributed by atoms with Gasteiger partial charge in [0.1, 0.15) is 9.21 Å². The van der Waals surface area contributed by atoms with Gasteiger partial charge in [-0.05, 0) is 38.8 Å². The lowest BCUT2D eigenvalue weighted by molar-refractivity contribution is 0.0987. The average Bonchev–Trinajstić information content (AvgIpc) is 2.69. The zero-order chi connectivity index (χ0) is 12.4. The van der Waals surface area contributed by atoms with E-state index < -0.39 is 5.91 Å². The van der Waals surface area contributed by atoms with Crippen molar-refractivity contribution in [1.82, 2.24) is 15.1 Å². The second-order valence-electron chi connectivity index (χ2n) is 3.12. The lowest BCUT2D eigenvalue weighted by Crippen LogP contribution is -2.13. The topological polar surface area (TPSA) is 80.9 Å². The largest absolute Gasteiger partial charge is 0.351 e. The summed E-state index contributed by atoms with van der Waals surface area (Å²) in [5.41, 5.74) is 0.635. The van der Waals surface area contributed by atoms with Crippen LogP contribution in [0.5, 0.6) is 0 Å². The van der Waals surface area contributed by atoms with Crippen LogP contribution in [0, 0.1) is 6.92 Å². The molecule has 0 saturated heterocycles. The molecular weight excluding hydrogens is 356 g/mol. The van der Waals surface area contributed by atoms with E-state index in [0.29, 0.717) is 20.7 Å². The van der Waals surface area contributed by atoms with Gasteiger partial charge in [0.15, 0.2) is 5.82 Å². The lowest BCUT2D eigenvalue weighted by Gasteiger charge is -2.03. The van der Waals surface area contributed by atoms with E-state index in [1.165, 1.54) is 12.3 Å².